The van der Waals surface area contributed by atoms with Gasteiger partial charge in [-0.1, -0.05) is 11.6 Å². The molecule has 0 spiro atoms. The molecule has 0 aliphatic carbocycles. The van der Waals surface area contributed by atoms with Crippen molar-refractivity contribution in [3.8, 4) is 0 Å². The van der Waals surface area contributed by atoms with Crippen LogP contribution in [-0.2, 0) is 13.0 Å². The maximum Gasteiger partial charge on any atom is 0.276 e. The molecular weight excluding hydrogens is 276 g/mol. The minimum Gasteiger partial charge on any atom is -0.320 e. The fourth-order valence-corrected chi connectivity index (χ4v) is 2.59. The van der Waals surface area contributed by atoms with Gasteiger partial charge >= 0.3 is 0 Å². The van der Waals surface area contributed by atoms with E-state index in [2.05, 4.69) is 20.8 Å². The van der Waals surface area contributed by atoms with Crippen molar-refractivity contribution in [3.63, 3.8) is 0 Å². The number of benzene rings is 1. The molecule has 1 aliphatic heterocycles. The van der Waals surface area contributed by atoms with Gasteiger partial charge in [0.25, 0.3) is 5.91 Å². The molecule has 0 saturated heterocycles. The third kappa shape index (κ3) is 2.42. The summed E-state index contributed by atoms with van der Waals surface area (Å²) in [4.78, 5) is 12.3. The molecule has 1 aromatic carbocycles. The number of amides is 1. The molecule has 0 saturated carbocycles. The van der Waals surface area contributed by atoms with Crippen molar-refractivity contribution < 1.29 is 4.79 Å². The highest BCUT2D eigenvalue weighted by Gasteiger charge is 2.21. The topological polar surface area (TPSA) is 69.8 Å². The number of H-pyrrole nitrogens is 1. The Labute approximate surface area is 121 Å². The molecule has 0 bridgehead atoms. The molecule has 5 nitrogen and oxygen atoms in total. The zero-order valence-electron chi connectivity index (χ0n) is 11.1. The number of hydrogen-bond acceptors (Lipinski definition) is 3. The maximum atomic E-state index is 12.3. The van der Waals surface area contributed by atoms with Crippen molar-refractivity contribution in [1.29, 1.82) is 0 Å². The molecule has 20 heavy (non-hydrogen) atoms. The van der Waals surface area contributed by atoms with Gasteiger partial charge in [0.05, 0.1) is 0 Å². The molecule has 3 N–H and O–H groups in total. The van der Waals surface area contributed by atoms with Crippen molar-refractivity contribution in [2.24, 2.45) is 0 Å². The quantitative estimate of drug-likeness (QED) is 0.795. The van der Waals surface area contributed by atoms with Crippen molar-refractivity contribution in [3.05, 3.63) is 45.7 Å². The van der Waals surface area contributed by atoms with E-state index >= 15 is 0 Å². The lowest BCUT2D eigenvalue weighted by Crippen LogP contribution is -2.25. The fourth-order valence-electron chi connectivity index (χ4n) is 2.36. The second-order valence-electron chi connectivity index (χ2n) is 4.87. The number of aryl methyl sites for hydroxylation is 1. The molecule has 2 aromatic rings. The highest BCUT2D eigenvalue weighted by atomic mass is 35.5. The first-order chi connectivity index (χ1) is 9.65. The summed E-state index contributed by atoms with van der Waals surface area (Å²) in [5.74, 6) is -0.198. The summed E-state index contributed by atoms with van der Waals surface area (Å²) in [6.07, 6.45) is 0.871. The molecule has 6 heteroatoms. The van der Waals surface area contributed by atoms with E-state index in [9.17, 15) is 4.79 Å². The number of nitrogens with zero attached hydrogens (tertiary/aromatic N) is 1. The normalized spacial score (nSPS) is 13.9. The number of rotatable bonds is 2. The molecule has 1 aromatic heterocycles. The molecule has 1 amide bonds. The van der Waals surface area contributed by atoms with Crippen LogP contribution in [-0.4, -0.2) is 22.6 Å². The Balaban J connectivity index is 1.84. The largest absolute Gasteiger partial charge is 0.320 e. The molecule has 0 radical (unpaired) electrons. The number of halogens is 1. The van der Waals surface area contributed by atoms with Crippen LogP contribution in [0.2, 0.25) is 5.02 Å². The molecule has 2 heterocycles. The fraction of sp³-hybridized carbons (Fsp3) is 0.286. The molecule has 104 valence electrons. The van der Waals surface area contributed by atoms with Gasteiger partial charge in [-0.05, 0) is 30.7 Å². The van der Waals surface area contributed by atoms with E-state index < -0.39 is 0 Å². The second-order valence-corrected chi connectivity index (χ2v) is 5.31. The van der Waals surface area contributed by atoms with E-state index in [0.717, 1.165) is 35.5 Å². The lowest BCUT2D eigenvalue weighted by molar-refractivity contribution is 0.102. The number of fused-ring (bicyclic) bond motifs is 1. The lowest BCUT2D eigenvalue weighted by atomic mass is 10.1. The van der Waals surface area contributed by atoms with Gasteiger partial charge in [-0.25, -0.2) is 0 Å². The van der Waals surface area contributed by atoms with Crippen LogP contribution in [0, 0.1) is 6.92 Å². The SMILES string of the molecule is Cc1cc(Cl)ccc1NC(=O)c1n[nH]c2c1CNCC2. The van der Waals surface area contributed by atoms with Gasteiger partial charge in [-0.2, -0.15) is 5.10 Å². The zero-order valence-corrected chi connectivity index (χ0v) is 11.8. The standard InChI is InChI=1S/C14H15ClN4O/c1-8-6-9(15)2-3-11(8)17-14(20)13-10-7-16-5-4-12(10)18-19-13/h2-3,6,16H,4-5,7H2,1H3,(H,17,20)(H,18,19). The van der Waals surface area contributed by atoms with Gasteiger partial charge in [0.2, 0.25) is 0 Å². The third-order valence-electron chi connectivity index (χ3n) is 3.46. The first-order valence-electron chi connectivity index (χ1n) is 6.49. The number of carbonyl (C=O) groups excluding carboxylic acids is 1. The Morgan fingerprint density at radius 2 is 2.30 bits per heavy atom. The first kappa shape index (κ1) is 13.1. The van der Waals surface area contributed by atoms with Gasteiger partial charge in [-0.3, -0.25) is 9.89 Å². The summed E-state index contributed by atoms with van der Waals surface area (Å²) in [5, 5.41) is 13.9. The lowest BCUT2D eigenvalue weighted by Gasteiger charge is -2.13. The van der Waals surface area contributed by atoms with Crippen LogP contribution >= 0.6 is 11.6 Å². The number of anilines is 1. The van der Waals surface area contributed by atoms with Crippen LogP contribution in [0.5, 0.6) is 0 Å². The van der Waals surface area contributed by atoms with Crippen LogP contribution in [0.1, 0.15) is 27.3 Å². The Morgan fingerprint density at radius 3 is 3.10 bits per heavy atom. The summed E-state index contributed by atoms with van der Waals surface area (Å²) in [6, 6.07) is 5.37. The van der Waals surface area contributed by atoms with Crippen molar-refractivity contribution in [2.75, 3.05) is 11.9 Å². The summed E-state index contributed by atoms with van der Waals surface area (Å²) in [5.41, 5.74) is 4.14. The van der Waals surface area contributed by atoms with Crippen LogP contribution in [0.3, 0.4) is 0 Å². The van der Waals surface area contributed by atoms with Crippen LogP contribution in [0.15, 0.2) is 18.2 Å². The number of nitrogens with one attached hydrogen (secondary N) is 3. The van der Waals surface area contributed by atoms with Gasteiger partial charge in [0, 0.05) is 41.5 Å². The zero-order chi connectivity index (χ0) is 14.1. The molecule has 0 unspecified atom stereocenters. The minimum absolute atomic E-state index is 0.198. The van der Waals surface area contributed by atoms with Crippen LogP contribution in [0.4, 0.5) is 5.69 Å². The average molecular weight is 291 g/mol. The van der Waals surface area contributed by atoms with Crippen molar-refractivity contribution >= 4 is 23.2 Å². The number of aromatic amines is 1. The summed E-state index contributed by atoms with van der Waals surface area (Å²) >= 11 is 5.91. The van der Waals surface area contributed by atoms with E-state index in [0.29, 0.717) is 17.3 Å². The van der Waals surface area contributed by atoms with Crippen molar-refractivity contribution in [1.82, 2.24) is 15.5 Å². The monoisotopic (exact) mass is 290 g/mol. The molecule has 1 aliphatic rings. The van der Waals surface area contributed by atoms with E-state index in [-0.39, 0.29) is 5.91 Å². The summed E-state index contributed by atoms with van der Waals surface area (Å²) in [7, 11) is 0. The second kappa shape index (κ2) is 5.26. The maximum absolute atomic E-state index is 12.3. The smallest absolute Gasteiger partial charge is 0.276 e. The first-order valence-corrected chi connectivity index (χ1v) is 6.87. The van der Waals surface area contributed by atoms with Crippen molar-refractivity contribution in [2.45, 2.75) is 19.9 Å². The number of aromatic nitrogens is 2. The highest BCUT2D eigenvalue weighted by Crippen LogP contribution is 2.21. The average Bonchev–Trinajstić information content (AvgIpc) is 2.86. The third-order valence-corrected chi connectivity index (χ3v) is 3.69. The molecule has 3 rings (SSSR count). The Kier molecular flexibility index (Phi) is 3.46. The Morgan fingerprint density at radius 1 is 1.45 bits per heavy atom. The van der Waals surface area contributed by atoms with Gasteiger partial charge in [-0.15, -0.1) is 0 Å². The minimum atomic E-state index is -0.198. The summed E-state index contributed by atoms with van der Waals surface area (Å²) < 4.78 is 0. The number of hydrogen-bond donors (Lipinski definition) is 3. The van der Waals surface area contributed by atoms with E-state index in [1.165, 1.54) is 0 Å². The Hall–Kier alpha value is -1.85. The van der Waals surface area contributed by atoms with Gasteiger partial charge < -0.3 is 10.6 Å². The number of carbonyl (C=O) groups is 1. The van der Waals surface area contributed by atoms with Crippen LogP contribution in [0.25, 0.3) is 0 Å². The highest BCUT2D eigenvalue weighted by molar-refractivity contribution is 6.30. The molecule has 0 fully saturated rings. The summed E-state index contributed by atoms with van der Waals surface area (Å²) in [6.45, 7) is 3.49. The Bertz CT molecular complexity index is 665. The van der Waals surface area contributed by atoms with Gasteiger partial charge in [0.1, 0.15) is 0 Å². The molecule has 0 atom stereocenters. The van der Waals surface area contributed by atoms with E-state index in [4.69, 9.17) is 11.6 Å². The van der Waals surface area contributed by atoms with E-state index in [1.807, 2.05) is 13.0 Å². The molecular formula is C14H15ClN4O. The van der Waals surface area contributed by atoms with Crippen LogP contribution < -0.4 is 10.6 Å². The van der Waals surface area contributed by atoms with E-state index in [1.54, 1.807) is 12.1 Å². The predicted molar refractivity (Wildman–Crippen MR) is 78.1 cm³/mol. The predicted octanol–water partition coefficient (Wildman–Crippen LogP) is 2.27. The van der Waals surface area contributed by atoms with Gasteiger partial charge in [0.15, 0.2) is 5.69 Å².